The highest BCUT2D eigenvalue weighted by Gasteiger charge is 2.50. The van der Waals surface area contributed by atoms with Crippen molar-refractivity contribution in [3.05, 3.63) is 29.8 Å². The number of pyridine rings is 1. The van der Waals surface area contributed by atoms with Crippen LogP contribution in [0.25, 0.3) is 10.9 Å². The van der Waals surface area contributed by atoms with Gasteiger partial charge in [0.25, 0.3) is 5.92 Å². The Morgan fingerprint density at radius 1 is 1.04 bits per heavy atom. The van der Waals surface area contributed by atoms with Crippen LogP contribution in [0.15, 0.2) is 24.3 Å². The van der Waals surface area contributed by atoms with E-state index in [1.54, 1.807) is 25.1 Å². The van der Waals surface area contributed by atoms with Crippen molar-refractivity contribution in [2.45, 2.75) is 116 Å². The number of aromatic nitrogens is 1. The van der Waals surface area contributed by atoms with Gasteiger partial charge in [-0.05, 0) is 68.6 Å². The number of amides is 2. The van der Waals surface area contributed by atoms with Gasteiger partial charge in [0.1, 0.15) is 24.0 Å². The van der Waals surface area contributed by atoms with E-state index < -0.39 is 47.4 Å². The molecule has 5 rings (SSSR count). The van der Waals surface area contributed by atoms with Crippen LogP contribution in [0.2, 0.25) is 0 Å². The summed E-state index contributed by atoms with van der Waals surface area (Å²) in [6.45, 7) is 8.63. The number of nitrogens with zero attached hydrogens (tertiary/aromatic N) is 2. The van der Waals surface area contributed by atoms with Gasteiger partial charge in [0.05, 0.1) is 30.8 Å². The highest BCUT2D eigenvalue weighted by Crippen LogP contribution is 2.42. The monoisotopic (exact) mass is 643 g/mol. The quantitative estimate of drug-likeness (QED) is 0.384. The maximum Gasteiger partial charge on any atom is 0.408 e. The summed E-state index contributed by atoms with van der Waals surface area (Å²) in [5.41, 5.74) is -0.610. The Kier molecular flexibility index (Phi) is 9.80. The summed E-state index contributed by atoms with van der Waals surface area (Å²) in [6, 6.07) is 4.60. The molecule has 1 saturated carbocycles. The molecule has 1 saturated heterocycles. The van der Waals surface area contributed by atoms with Crippen LogP contribution in [0.4, 0.5) is 13.6 Å². The van der Waals surface area contributed by atoms with E-state index in [-0.39, 0.29) is 42.2 Å². The Labute approximate surface area is 269 Å². The average Bonchev–Trinajstić information content (AvgIpc) is 3.56. The molecule has 2 aliphatic heterocycles. The second kappa shape index (κ2) is 13.3. The first-order valence-corrected chi connectivity index (χ1v) is 16.5. The van der Waals surface area contributed by atoms with E-state index in [2.05, 4.69) is 10.3 Å². The number of nitrogens with one attached hydrogen (secondary N) is 1. The van der Waals surface area contributed by atoms with Crippen LogP contribution < -0.4 is 14.8 Å². The molecule has 3 aliphatic rings. The maximum atomic E-state index is 16.1. The molecule has 252 valence electrons. The van der Waals surface area contributed by atoms with E-state index in [9.17, 15) is 14.4 Å². The van der Waals surface area contributed by atoms with Crippen molar-refractivity contribution in [3.63, 3.8) is 0 Å². The summed E-state index contributed by atoms with van der Waals surface area (Å²) >= 11 is 0. The molecular formula is C35H47F2N3O6. The summed E-state index contributed by atoms with van der Waals surface area (Å²) in [4.78, 5) is 46.4. The molecule has 2 fully saturated rings. The largest absolute Gasteiger partial charge is 0.497 e. The summed E-state index contributed by atoms with van der Waals surface area (Å²) in [7, 11) is 1.52. The molecule has 1 aromatic heterocycles. The van der Waals surface area contributed by atoms with Crippen LogP contribution in [-0.2, 0) is 20.2 Å². The number of fused-ring (bicyclic) bond motifs is 5. The lowest BCUT2D eigenvalue weighted by molar-refractivity contribution is -0.141. The first-order valence-electron chi connectivity index (χ1n) is 16.5. The molecule has 0 radical (unpaired) electrons. The summed E-state index contributed by atoms with van der Waals surface area (Å²) in [6.07, 6.45) is 2.81. The van der Waals surface area contributed by atoms with Crippen molar-refractivity contribution < 1.29 is 37.4 Å². The molecule has 3 heterocycles. The number of hydrogen-bond acceptors (Lipinski definition) is 7. The number of alkyl carbamates (subject to hydrolysis) is 1. The smallest absolute Gasteiger partial charge is 0.408 e. The molecule has 6 atom stereocenters. The van der Waals surface area contributed by atoms with Crippen molar-refractivity contribution in [1.82, 2.24) is 15.2 Å². The molecule has 46 heavy (non-hydrogen) atoms. The van der Waals surface area contributed by atoms with Gasteiger partial charge >= 0.3 is 6.09 Å². The second-order valence-electron chi connectivity index (χ2n) is 14.3. The number of ketones is 1. The van der Waals surface area contributed by atoms with Crippen molar-refractivity contribution in [2.75, 3.05) is 13.7 Å². The van der Waals surface area contributed by atoms with Crippen LogP contribution >= 0.6 is 0 Å². The fraction of sp³-hybridized carbons (Fsp3) is 0.657. The van der Waals surface area contributed by atoms with E-state index in [0.717, 1.165) is 32.1 Å². The molecular weight excluding hydrogens is 596 g/mol. The number of carbonyl (C=O) groups is 3. The number of benzene rings is 1. The third-order valence-corrected chi connectivity index (χ3v) is 9.93. The fourth-order valence-corrected chi connectivity index (χ4v) is 7.33. The van der Waals surface area contributed by atoms with Gasteiger partial charge in [0, 0.05) is 23.8 Å². The first kappa shape index (κ1) is 33.9. The van der Waals surface area contributed by atoms with Crippen LogP contribution in [-0.4, -0.2) is 65.6 Å². The number of ether oxygens (including phenoxy) is 3. The number of halogens is 2. The van der Waals surface area contributed by atoms with Gasteiger partial charge in [-0.25, -0.2) is 18.6 Å². The van der Waals surface area contributed by atoms with E-state index in [0.29, 0.717) is 29.5 Å². The number of methoxy groups -OCH3 is 1. The Hall–Kier alpha value is -3.50. The van der Waals surface area contributed by atoms with Gasteiger partial charge < -0.3 is 24.4 Å². The Bertz CT molecular complexity index is 1460. The number of hydrogen-bond donors (Lipinski definition) is 1. The molecule has 9 nitrogen and oxygen atoms in total. The molecule has 2 aromatic rings. The third kappa shape index (κ3) is 7.08. The summed E-state index contributed by atoms with van der Waals surface area (Å²) in [5.74, 6) is -4.05. The topological polar surface area (TPSA) is 107 Å². The van der Waals surface area contributed by atoms with E-state index >= 15 is 8.78 Å². The summed E-state index contributed by atoms with van der Waals surface area (Å²) < 4.78 is 49.7. The zero-order chi connectivity index (χ0) is 33.4. The highest BCUT2D eigenvalue weighted by atomic mass is 19.3. The van der Waals surface area contributed by atoms with Gasteiger partial charge in [0.15, 0.2) is 5.78 Å². The molecule has 2 amide bonds. The first-order chi connectivity index (χ1) is 21.7. The average molecular weight is 644 g/mol. The molecule has 1 aromatic carbocycles. The minimum absolute atomic E-state index is 0.0406. The normalized spacial score (nSPS) is 29.3. The molecule has 2 bridgehead atoms. The summed E-state index contributed by atoms with van der Waals surface area (Å²) in [5, 5.41) is 3.34. The standard InChI is InChI=1S/C35H47F2N3O6/c1-20-28-19-40(29(20)21(2)41)32(42)30(34(3,4)5)39-33(43)46-27-13-10-12-22(27)11-8-7-9-16-35(36,37)25-17-23-14-15-24(44-6)18-26(23)38-31(25)45-28/h14-15,17-18,20,22,27-30H,7-13,16,19H2,1-6H3,(H,39,43)/t20-,22-,27-,28+,29+,30-/m1/s1. The van der Waals surface area contributed by atoms with Crippen molar-refractivity contribution in [2.24, 2.45) is 17.3 Å². The van der Waals surface area contributed by atoms with Crippen molar-refractivity contribution >= 4 is 28.7 Å². The lowest BCUT2D eigenvalue weighted by Gasteiger charge is -2.35. The van der Waals surface area contributed by atoms with E-state index in [1.165, 1.54) is 25.0 Å². The molecule has 1 aliphatic carbocycles. The van der Waals surface area contributed by atoms with Gasteiger partial charge in [0.2, 0.25) is 11.8 Å². The fourth-order valence-electron chi connectivity index (χ4n) is 7.33. The number of Topliss-reactive ketones (excluding diaryl/α,β-unsaturated/α-hetero) is 1. The van der Waals surface area contributed by atoms with Crippen LogP contribution in [0.3, 0.4) is 0 Å². The van der Waals surface area contributed by atoms with Gasteiger partial charge in [-0.3, -0.25) is 9.59 Å². The maximum absolute atomic E-state index is 16.1. The SMILES string of the molecule is COc1ccc2cc3c(nc2c1)O[C@H]1CN(C(=O)[C@H](C(C)(C)C)NC(=O)O[C@@H]2CCC[C@H]2CCCCCC3(F)F)[C@H](C(C)=O)[C@@H]1C. The van der Waals surface area contributed by atoms with Crippen LogP contribution in [0.5, 0.6) is 11.6 Å². The lowest BCUT2D eigenvalue weighted by atomic mass is 9.85. The number of rotatable bonds is 2. The predicted octanol–water partition coefficient (Wildman–Crippen LogP) is 6.79. The third-order valence-electron chi connectivity index (χ3n) is 9.93. The van der Waals surface area contributed by atoms with E-state index in [4.69, 9.17) is 14.2 Å². The number of carbonyl (C=O) groups excluding carboxylic acids is 3. The van der Waals surface area contributed by atoms with Crippen LogP contribution in [0, 0.1) is 17.3 Å². The molecule has 0 spiro atoms. The highest BCUT2D eigenvalue weighted by molar-refractivity contribution is 5.92. The molecule has 1 N–H and O–H groups in total. The minimum Gasteiger partial charge on any atom is -0.497 e. The van der Waals surface area contributed by atoms with Crippen molar-refractivity contribution in [1.29, 1.82) is 0 Å². The Morgan fingerprint density at radius 3 is 2.48 bits per heavy atom. The predicted molar refractivity (Wildman–Crippen MR) is 169 cm³/mol. The molecule has 11 heteroatoms. The van der Waals surface area contributed by atoms with E-state index in [1.807, 2.05) is 20.8 Å². The van der Waals surface area contributed by atoms with Crippen LogP contribution in [0.1, 0.15) is 91.5 Å². The lowest BCUT2D eigenvalue weighted by Crippen LogP contribution is -2.57. The Morgan fingerprint density at radius 2 is 1.78 bits per heavy atom. The second-order valence-corrected chi connectivity index (χ2v) is 14.3. The Balaban J connectivity index is 1.56. The molecule has 0 unspecified atom stereocenters. The van der Waals surface area contributed by atoms with Gasteiger partial charge in [-0.2, -0.15) is 0 Å². The zero-order valence-corrected chi connectivity index (χ0v) is 27.7. The van der Waals surface area contributed by atoms with Gasteiger partial charge in [-0.1, -0.05) is 40.5 Å². The zero-order valence-electron chi connectivity index (χ0n) is 27.7. The minimum atomic E-state index is -3.23. The van der Waals surface area contributed by atoms with Crippen molar-refractivity contribution in [3.8, 4) is 11.6 Å². The number of alkyl halides is 2. The van der Waals surface area contributed by atoms with Gasteiger partial charge in [-0.15, -0.1) is 0 Å².